The van der Waals surface area contributed by atoms with Crippen molar-refractivity contribution in [1.29, 1.82) is 0 Å². The largest absolute Gasteiger partial charge is 0.388 e. The predicted molar refractivity (Wildman–Crippen MR) is 79.0 cm³/mol. The van der Waals surface area contributed by atoms with Crippen molar-refractivity contribution in [3.63, 3.8) is 0 Å². The maximum atomic E-state index is 12.4. The molecule has 0 spiro atoms. The molecule has 128 valence electrons. The van der Waals surface area contributed by atoms with Crippen molar-refractivity contribution in [2.24, 2.45) is 0 Å². The third-order valence-electron chi connectivity index (χ3n) is 3.77. The zero-order valence-corrected chi connectivity index (χ0v) is 13.9. The van der Waals surface area contributed by atoms with E-state index >= 15 is 0 Å². The first-order valence-corrected chi connectivity index (χ1v) is 8.74. The maximum Gasteiger partial charge on any atom is 0.297 e. The molecule has 0 aliphatic carbocycles. The monoisotopic (exact) mass is 344 g/mol. The van der Waals surface area contributed by atoms with Gasteiger partial charge in [0, 0.05) is 0 Å². The minimum absolute atomic E-state index is 0.0246. The lowest BCUT2D eigenvalue weighted by molar-refractivity contribution is -0.213. The van der Waals surface area contributed by atoms with E-state index in [9.17, 15) is 13.5 Å². The molecule has 1 aromatic rings. The molecule has 0 aromatic heterocycles. The molecule has 1 N–H and O–H groups in total. The smallest absolute Gasteiger partial charge is 0.297 e. The van der Waals surface area contributed by atoms with Crippen LogP contribution in [0.2, 0.25) is 0 Å². The SMILES string of the molecule is Cc1ccc(S(=O)(=O)O[C@H]2[C@H]3OC(C)(C)O[C@H]3OC[C@H]2O)cc1. The van der Waals surface area contributed by atoms with Crippen LogP contribution in [0.15, 0.2) is 29.2 Å². The van der Waals surface area contributed by atoms with Gasteiger partial charge in [0.25, 0.3) is 10.1 Å². The van der Waals surface area contributed by atoms with Gasteiger partial charge < -0.3 is 19.3 Å². The molecular formula is C15H20O7S. The molecule has 0 amide bonds. The number of aliphatic hydroxyl groups excluding tert-OH is 1. The second kappa shape index (κ2) is 5.80. The lowest BCUT2D eigenvalue weighted by atomic mass is 10.1. The first-order valence-electron chi connectivity index (χ1n) is 7.33. The Labute approximate surface area is 135 Å². The number of aliphatic hydroxyl groups is 1. The first-order chi connectivity index (χ1) is 10.7. The Bertz CT molecular complexity index is 668. The van der Waals surface area contributed by atoms with Gasteiger partial charge >= 0.3 is 0 Å². The van der Waals surface area contributed by atoms with Gasteiger partial charge in [-0.15, -0.1) is 0 Å². The van der Waals surface area contributed by atoms with E-state index in [4.69, 9.17) is 18.4 Å². The number of fused-ring (bicyclic) bond motifs is 1. The van der Waals surface area contributed by atoms with Crippen LogP contribution in [-0.2, 0) is 28.5 Å². The van der Waals surface area contributed by atoms with Gasteiger partial charge in [-0.3, -0.25) is 4.18 Å². The van der Waals surface area contributed by atoms with E-state index in [1.54, 1.807) is 26.0 Å². The molecule has 2 fully saturated rings. The van der Waals surface area contributed by atoms with Crippen molar-refractivity contribution in [2.75, 3.05) is 6.61 Å². The number of aryl methyl sites for hydroxylation is 1. The molecule has 2 saturated heterocycles. The fraction of sp³-hybridized carbons (Fsp3) is 0.600. The average molecular weight is 344 g/mol. The molecule has 0 saturated carbocycles. The predicted octanol–water partition coefficient (Wildman–Crippen LogP) is 0.938. The van der Waals surface area contributed by atoms with E-state index in [-0.39, 0.29) is 11.5 Å². The van der Waals surface area contributed by atoms with E-state index in [0.717, 1.165) is 5.56 Å². The lowest BCUT2D eigenvalue weighted by Crippen LogP contribution is -2.53. The van der Waals surface area contributed by atoms with Crippen LogP contribution in [0.3, 0.4) is 0 Å². The summed E-state index contributed by atoms with van der Waals surface area (Å²) in [5.74, 6) is -0.936. The van der Waals surface area contributed by atoms with Crippen molar-refractivity contribution in [1.82, 2.24) is 0 Å². The highest BCUT2D eigenvalue weighted by molar-refractivity contribution is 7.86. The minimum Gasteiger partial charge on any atom is -0.388 e. The summed E-state index contributed by atoms with van der Waals surface area (Å²) in [7, 11) is -4.04. The quantitative estimate of drug-likeness (QED) is 0.816. The van der Waals surface area contributed by atoms with Crippen molar-refractivity contribution in [2.45, 2.75) is 56.1 Å². The number of ether oxygens (including phenoxy) is 3. The van der Waals surface area contributed by atoms with Gasteiger partial charge in [0.05, 0.1) is 11.5 Å². The molecule has 23 heavy (non-hydrogen) atoms. The van der Waals surface area contributed by atoms with E-state index < -0.39 is 40.5 Å². The Morgan fingerprint density at radius 2 is 1.87 bits per heavy atom. The highest BCUT2D eigenvalue weighted by atomic mass is 32.2. The van der Waals surface area contributed by atoms with Gasteiger partial charge in [0.2, 0.25) is 0 Å². The molecule has 2 aliphatic heterocycles. The lowest BCUT2D eigenvalue weighted by Gasteiger charge is -2.34. The van der Waals surface area contributed by atoms with E-state index in [1.165, 1.54) is 12.1 Å². The van der Waals surface area contributed by atoms with Crippen LogP contribution in [0.25, 0.3) is 0 Å². The van der Waals surface area contributed by atoms with Gasteiger partial charge in [-0.05, 0) is 32.9 Å². The highest BCUT2D eigenvalue weighted by Crippen LogP contribution is 2.36. The van der Waals surface area contributed by atoms with Crippen molar-refractivity contribution in [3.05, 3.63) is 29.8 Å². The standard InChI is InChI=1S/C15H20O7S/c1-9-4-6-10(7-5-9)23(17,18)22-12-11(16)8-19-14-13(12)20-15(2,3)21-14/h4-7,11-14,16H,8H2,1-3H3/t11-,12-,13-,14-/m1/s1. The Hall–Kier alpha value is -1.03. The zero-order valence-electron chi connectivity index (χ0n) is 13.1. The third-order valence-corrected chi connectivity index (χ3v) is 5.09. The van der Waals surface area contributed by atoms with Gasteiger partial charge in [0.15, 0.2) is 12.1 Å². The minimum atomic E-state index is -4.04. The summed E-state index contributed by atoms with van der Waals surface area (Å²) in [6, 6.07) is 6.28. The number of benzene rings is 1. The Morgan fingerprint density at radius 1 is 1.22 bits per heavy atom. The van der Waals surface area contributed by atoms with Gasteiger partial charge in [-0.1, -0.05) is 17.7 Å². The number of hydrogen-bond acceptors (Lipinski definition) is 7. The molecule has 2 aliphatic rings. The molecule has 4 atom stereocenters. The Kier molecular flexibility index (Phi) is 4.24. The third kappa shape index (κ3) is 3.42. The van der Waals surface area contributed by atoms with Gasteiger partial charge in [-0.25, -0.2) is 0 Å². The van der Waals surface area contributed by atoms with E-state index in [0.29, 0.717) is 0 Å². The summed E-state index contributed by atoms with van der Waals surface area (Å²) in [6.45, 7) is 5.14. The zero-order chi connectivity index (χ0) is 16.8. The van der Waals surface area contributed by atoms with Crippen LogP contribution in [0.1, 0.15) is 19.4 Å². The van der Waals surface area contributed by atoms with E-state index in [1.807, 2.05) is 6.92 Å². The topological polar surface area (TPSA) is 91.3 Å². The van der Waals surface area contributed by atoms with Crippen LogP contribution in [0.5, 0.6) is 0 Å². The van der Waals surface area contributed by atoms with Crippen LogP contribution in [-0.4, -0.2) is 50.5 Å². The molecule has 7 nitrogen and oxygen atoms in total. The van der Waals surface area contributed by atoms with Crippen LogP contribution in [0.4, 0.5) is 0 Å². The molecule has 1 aromatic carbocycles. The molecule has 0 radical (unpaired) electrons. The molecule has 0 unspecified atom stereocenters. The molecule has 8 heteroatoms. The first kappa shape index (κ1) is 16.8. The van der Waals surface area contributed by atoms with Crippen LogP contribution in [0, 0.1) is 6.92 Å². The van der Waals surface area contributed by atoms with Gasteiger partial charge in [0.1, 0.15) is 18.3 Å². The Morgan fingerprint density at radius 3 is 2.52 bits per heavy atom. The summed E-state index contributed by atoms with van der Waals surface area (Å²) in [5, 5.41) is 10.1. The summed E-state index contributed by atoms with van der Waals surface area (Å²) in [4.78, 5) is 0.0246. The molecule has 0 bridgehead atoms. The summed E-state index contributed by atoms with van der Waals surface area (Å²) < 4.78 is 46.7. The maximum absolute atomic E-state index is 12.4. The van der Waals surface area contributed by atoms with Crippen LogP contribution >= 0.6 is 0 Å². The van der Waals surface area contributed by atoms with Crippen molar-refractivity contribution < 1.29 is 31.9 Å². The second-order valence-corrected chi connectivity index (χ2v) is 7.77. The normalized spacial score (nSPS) is 33.4. The van der Waals surface area contributed by atoms with Crippen LogP contribution < -0.4 is 0 Å². The van der Waals surface area contributed by atoms with Gasteiger partial charge in [-0.2, -0.15) is 8.42 Å². The average Bonchev–Trinajstić information content (AvgIpc) is 2.77. The summed E-state index contributed by atoms with van der Waals surface area (Å²) in [5.41, 5.74) is 0.935. The number of hydrogen-bond donors (Lipinski definition) is 1. The summed E-state index contributed by atoms with van der Waals surface area (Å²) >= 11 is 0. The highest BCUT2D eigenvalue weighted by Gasteiger charge is 2.53. The molecule has 3 rings (SSSR count). The fourth-order valence-corrected chi connectivity index (χ4v) is 3.75. The molecular weight excluding hydrogens is 324 g/mol. The summed E-state index contributed by atoms with van der Waals surface area (Å²) in [6.07, 6.45) is -3.82. The molecule has 2 heterocycles. The van der Waals surface area contributed by atoms with Crippen molar-refractivity contribution in [3.8, 4) is 0 Å². The van der Waals surface area contributed by atoms with E-state index in [2.05, 4.69) is 0 Å². The van der Waals surface area contributed by atoms with Crippen molar-refractivity contribution >= 4 is 10.1 Å². The Balaban J connectivity index is 1.83. The second-order valence-electron chi connectivity index (χ2n) is 6.20. The number of rotatable bonds is 3. The fourth-order valence-electron chi connectivity index (χ4n) is 2.64.